The second kappa shape index (κ2) is 17.7. The van der Waals surface area contributed by atoms with E-state index in [-0.39, 0.29) is 18.1 Å². The highest BCUT2D eigenvalue weighted by molar-refractivity contribution is 5.79. The second-order valence-corrected chi connectivity index (χ2v) is 5.61. The summed E-state index contributed by atoms with van der Waals surface area (Å²) in [5, 5.41) is 9.77. The van der Waals surface area contributed by atoms with E-state index in [0.717, 1.165) is 25.8 Å². The quantitative estimate of drug-likeness (QED) is 0.383. The molecule has 1 saturated heterocycles. The number of aliphatic hydroxyl groups is 1. The monoisotopic (exact) mass is 335 g/mol. The lowest BCUT2D eigenvalue weighted by molar-refractivity contribution is -0.128. The zero-order valence-corrected chi connectivity index (χ0v) is 15.9. The molecule has 0 aromatic rings. The summed E-state index contributed by atoms with van der Waals surface area (Å²) in [4.78, 5) is 13.4. The van der Waals surface area contributed by atoms with Gasteiger partial charge in [-0.05, 0) is 26.7 Å². The number of likely N-dealkylation sites (N-methyl/N-ethyl adjacent to an activating group) is 1. The van der Waals surface area contributed by atoms with Crippen LogP contribution in [0.15, 0.2) is 50.1 Å². The number of nitrogens with zero attached hydrogens (tertiary/aromatic N) is 1. The average molecular weight is 336 g/mol. The van der Waals surface area contributed by atoms with E-state index in [1.165, 1.54) is 12.8 Å². The van der Waals surface area contributed by atoms with Crippen molar-refractivity contribution in [3.8, 4) is 0 Å². The van der Waals surface area contributed by atoms with Crippen LogP contribution in [0.4, 0.5) is 0 Å². The molecule has 2 atom stereocenters. The number of carbonyl (C=O) groups is 1. The topological polar surface area (TPSA) is 40.5 Å². The molecule has 0 aromatic heterocycles. The fraction of sp³-hybridized carbons (Fsp3) is 0.571. The van der Waals surface area contributed by atoms with Crippen molar-refractivity contribution in [2.24, 2.45) is 0 Å². The van der Waals surface area contributed by atoms with Crippen molar-refractivity contribution in [2.75, 3.05) is 6.54 Å². The first-order chi connectivity index (χ1) is 11.5. The second-order valence-electron chi connectivity index (χ2n) is 5.61. The van der Waals surface area contributed by atoms with Crippen LogP contribution in [0.5, 0.6) is 0 Å². The van der Waals surface area contributed by atoms with Gasteiger partial charge < -0.3 is 10.0 Å². The molecule has 24 heavy (non-hydrogen) atoms. The predicted octanol–water partition coefficient (Wildman–Crippen LogP) is 5.05. The average Bonchev–Trinajstić information content (AvgIpc) is 2.94. The summed E-state index contributed by atoms with van der Waals surface area (Å²) in [5.41, 5.74) is 0. The van der Waals surface area contributed by atoms with Gasteiger partial charge in [-0.2, -0.15) is 0 Å². The molecule has 1 fully saturated rings. The van der Waals surface area contributed by atoms with Crippen molar-refractivity contribution in [1.29, 1.82) is 0 Å². The van der Waals surface area contributed by atoms with E-state index in [1.54, 1.807) is 18.2 Å². The summed E-state index contributed by atoms with van der Waals surface area (Å²) in [6.07, 6.45) is 14.3. The summed E-state index contributed by atoms with van der Waals surface area (Å²) in [6, 6.07) is 0.202. The van der Waals surface area contributed by atoms with Crippen molar-refractivity contribution in [1.82, 2.24) is 4.90 Å². The molecule has 3 nitrogen and oxygen atoms in total. The Bertz CT molecular complexity index is 368. The molecule has 3 heteroatoms. The fourth-order valence-corrected chi connectivity index (χ4v) is 2.32. The van der Waals surface area contributed by atoms with Crippen LogP contribution in [0, 0.1) is 0 Å². The van der Waals surface area contributed by atoms with Crippen molar-refractivity contribution >= 4 is 5.91 Å². The Hall–Kier alpha value is -1.61. The smallest absolute Gasteiger partial charge is 0.223 e. The van der Waals surface area contributed by atoms with E-state index in [0.29, 0.717) is 6.42 Å². The zero-order chi connectivity index (χ0) is 18.8. The number of aliphatic hydroxyl groups excluding tert-OH is 1. The van der Waals surface area contributed by atoms with E-state index in [2.05, 4.69) is 26.7 Å². The molecular formula is C21H37NO2. The lowest BCUT2D eigenvalue weighted by Crippen LogP contribution is -2.31. The van der Waals surface area contributed by atoms with Gasteiger partial charge in [0, 0.05) is 13.0 Å². The zero-order valence-electron chi connectivity index (χ0n) is 15.9. The minimum Gasteiger partial charge on any atom is -0.389 e. The third-order valence-corrected chi connectivity index (χ3v) is 3.54. The molecule has 0 spiro atoms. The van der Waals surface area contributed by atoms with Gasteiger partial charge in [0.2, 0.25) is 5.91 Å². The van der Waals surface area contributed by atoms with E-state index < -0.39 is 0 Å². The van der Waals surface area contributed by atoms with Crippen molar-refractivity contribution in [3.05, 3.63) is 50.1 Å². The summed E-state index contributed by atoms with van der Waals surface area (Å²) < 4.78 is 0. The molecular weight excluding hydrogens is 298 g/mol. The van der Waals surface area contributed by atoms with Gasteiger partial charge in [0.05, 0.1) is 12.1 Å². The van der Waals surface area contributed by atoms with Crippen molar-refractivity contribution in [3.63, 3.8) is 0 Å². The third kappa shape index (κ3) is 12.9. The molecule has 1 aliphatic heterocycles. The molecule has 1 amide bonds. The Morgan fingerprint density at radius 2 is 1.83 bits per heavy atom. The molecule has 1 heterocycles. The molecule has 2 unspecified atom stereocenters. The standard InChI is InChI=1S/C14H25NO2.C4H6.C3H6/c1-3-5-6-7-13(16)10-8-12-9-11-14(17)15(12)4-2;1-3-4-2;1-3-2/h8,10,12-13,16H,3-7,9,11H2,1-2H3;3-4H,1-2H2;3H,1H2,2H3/b10-8+;;. The predicted molar refractivity (Wildman–Crippen MR) is 106 cm³/mol. The lowest BCUT2D eigenvalue weighted by atomic mass is 10.1. The number of unbranched alkanes of at least 4 members (excludes halogenated alkanes) is 2. The van der Waals surface area contributed by atoms with E-state index in [9.17, 15) is 9.90 Å². The number of amides is 1. The van der Waals surface area contributed by atoms with Gasteiger partial charge in [-0.15, -0.1) is 6.58 Å². The number of likely N-dealkylation sites (tertiary alicyclic amines) is 1. The maximum absolute atomic E-state index is 11.5. The number of hydrogen-bond donors (Lipinski definition) is 1. The van der Waals surface area contributed by atoms with Gasteiger partial charge in [-0.1, -0.05) is 69.7 Å². The number of allylic oxidation sites excluding steroid dienone is 3. The first-order valence-electron chi connectivity index (χ1n) is 8.98. The minimum atomic E-state index is -0.351. The molecule has 0 bridgehead atoms. The molecule has 138 valence electrons. The molecule has 1 rings (SSSR count). The van der Waals surface area contributed by atoms with E-state index in [4.69, 9.17) is 0 Å². The first kappa shape index (κ1) is 24.6. The number of carbonyl (C=O) groups excluding carboxylic acids is 1. The van der Waals surface area contributed by atoms with E-state index >= 15 is 0 Å². The summed E-state index contributed by atoms with van der Waals surface area (Å²) in [6.45, 7) is 16.9. The van der Waals surface area contributed by atoms with Crippen LogP contribution in [0.1, 0.15) is 59.3 Å². The lowest BCUT2D eigenvalue weighted by Gasteiger charge is -2.20. The van der Waals surface area contributed by atoms with E-state index in [1.807, 2.05) is 30.9 Å². The number of rotatable bonds is 8. The highest BCUT2D eigenvalue weighted by Crippen LogP contribution is 2.19. The largest absolute Gasteiger partial charge is 0.389 e. The molecule has 0 aliphatic carbocycles. The maximum atomic E-state index is 11.5. The van der Waals surface area contributed by atoms with Crippen LogP contribution in [0.3, 0.4) is 0 Å². The van der Waals surface area contributed by atoms with Crippen LogP contribution >= 0.6 is 0 Å². The molecule has 1 aliphatic rings. The summed E-state index contributed by atoms with van der Waals surface area (Å²) in [5.74, 6) is 0.239. The summed E-state index contributed by atoms with van der Waals surface area (Å²) >= 11 is 0. The third-order valence-electron chi connectivity index (χ3n) is 3.54. The normalized spacial score (nSPS) is 17.4. The Labute approximate surface area is 149 Å². The van der Waals surface area contributed by atoms with Crippen LogP contribution in [0.2, 0.25) is 0 Å². The molecule has 0 saturated carbocycles. The molecule has 0 aromatic carbocycles. The van der Waals surface area contributed by atoms with Crippen LogP contribution < -0.4 is 0 Å². The van der Waals surface area contributed by atoms with Gasteiger partial charge in [0.15, 0.2) is 0 Å². The van der Waals surface area contributed by atoms with Crippen molar-refractivity contribution in [2.45, 2.75) is 71.4 Å². The molecule has 0 radical (unpaired) electrons. The summed E-state index contributed by atoms with van der Waals surface area (Å²) in [7, 11) is 0. The van der Waals surface area contributed by atoms with Crippen LogP contribution in [-0.2, 0) is 4.79 Å². The van der Waals surface area contributed by atoms with Gasteiger partial charge in [-0.25, -0.2) is 0 Å². The Kier molecular flexibility index (Phi) is 18.2. The van der Waals surface area contributed by atoms with Gasteiger partial charge in [0.25, 0.3) is 0 Å². The molecule has 1 N–H and O–H groups in total. The Morgan fingerprint density at radius 1 is 1.25 bits per heavy atom. The van der Waals surface area contributed by atoms with Gasteiger partial charge in [-0.3, -0.25) is 4.79 Å². The highest BCUT2D eigenvalue weighted by Gasteiger charge is 2.27. The Morgan fingerprint density at radius 3 is 2.29 bits per heavy atom. The van der Waals surface area contributed by atoms with Gasteiger partial charge >= 0.3 is 0 Å². The maximum Gasteiger partial charge on any atom is 0.223 e. The number of hydrogen-bond acceptors (Lipinski definition) is 2. The minimum absolute atomic E-state index is 0.202. The fourth-order valence-electron chi connectivity index (χ4n) is 2.32. The van der Waals surface area contributed by atoms with Crippen LogP contribution in [0.25, 0.3) is 0 Å². The van der Waals surface area contributed by atoms with Crippen LogP contribution in [-0.4, -0.2) is 34.6 Å². The highest BCUT2D eigenvalue weighted by atomic mass is 16.3. The SMILES string of the molecule is C=CC.C=CC=C.CCCCCC(O)/C=C/C1CCC(=O)N1CC. The Balaban J connectivity index is 0. The first-order valence-corrected chi connectivity index (χ1v) is 8.98. The van der Waals surface area contributed by atoms with Gasteiger partial charge in [0.1, 0.15) is 0 Å². The van der Waals surface area contributed by atoms with Crippen molar-refractivity contribution < 1.29 is 9.90 Å².